The lowest BCUT2D eigenvalue weighted by Gasteiger charge is -2.31. The van der Waals surface area contributed by atoms with Crippen molar-refractivity contribution in [1.29, 1.82) is 0 Å². The predicted octanol–water partition coefficient (Wildman–Crippen LogP) is 4.24. The highest BCUT2D eigenvalue weighted by Crippen LogP contribution is 2.30. The summed E-state index contributed by atoms with van der Waals surface area (Å²) in [6.45, 7) is 4.71. The smallest absolute Gasteiger partial charge is 0.230 e. The molecule has 186 valence electrons. The Kier molecular flexibility index (Phi) is 8.65. The summed E-state index contributed by atoms with van der Waals surface area (Å²) in [5, 5.41) is 12.7. The minimum atomic E-state index is -0.0733. The third-order valence-corrected chi connectivity index (χ3v) is 7.23. The van der Waals surface area contributed by atoms with Gasteiger partial charge in [-0.25, -0.2) is 0 Å². The van der Waals surface area contributed by atoms with Gasteiger partial charge in [-0.1, -0.05) is 36.4 Å². The third kappa shape index (κ3) is 6.15. The van der Waals surface area contributed by atoms with Gasteiger partial charge in [0.15, 0.2) is 11.0 Å². The SMILES string of the molecule is COc1ccc(-n2c(SCC(=O)NCc3ccccc3OC)nnc2C(C)N2CCCCC2)cc1. The number of carbonyl (C=O) groups is 1. The summed E-state index contributed by atoms with van der Waals surface area (Å²) in [7, 11) is 3.29. The molecule has 0 radical (unpaired) electrons. The average Bonchev–Trinajstić information content (AvgIpc) is 3.34. The number of methoxy groups -OCH3 is 2. The van der Waals surface area contributed by atoms with Crippen LogP contribution in [0.2, 0.25) is 0 Å². The maximum atomic E-state index is 12.7. The van der Waals surface area contributed by atoms with Crippen LogP contribution in [0.3, 0.4) is 0 Å². The fourth-order valence-corrected chi connectivity index (χ4v) is 5.10. The highest BCUT2D eigenvalue weighted by molar-refractivity contribution is 7.99. The van der Waals surface area contributed by atoms with Crippen molar-refractivity contribution in [3.8, 4) is 17.2 Å². The van der Waals surface area contributed by atoms with Crippen LogP contribution in [0.1, 0.15) is 43.6 Å². The fraction of sp³-hybridized carbons (Fsp3) is 0.423. The Hall–Kier alpha value is -3.04. The summed E-state index contributed by atoms with van der Waals surface area (Å²) in [6.07, 6.45) is 3.68. The van der Waals surface area contributed by atoms with Crippen molar-refractivity contribution in [3.05, 3.63) is 59.9 Å². The molecule has 2 aromatic carbocycles. The maximum Gasteiger partial charge on any atom is 0.230 e. The zero-order chi connectivity index (χ0) is 24.6. The van der Waals surface area contributed by atoms with Crippen molar-refractivity contribution >= 4 is 17.7 Å². The number of piperidine rings is 1. The van der Waals surface area contributed by atoms with Crippen molar-refractivity contribution in [1.82, 2.24) is 25.0 Å². The Morgan fingerprint density at radius 2 is 1.77 bits per heavy atom. The molecule has 1 amide bonds. The molecular weight excluding hydrogens is 462 g/mol. The van der Waals surface area contributed by atoms with Crippen LogP contribution in [0.5, 0.6) is 11.5 Å². The molecule has 8 nitrogen and oxygen atoms in total. The summed E-state index contributed by atoms with van der Waals surface area (Å²) in [6, 6.07) is 15.7. The molecule has 1 aromatic heterocycles. The maximum absolute atomic E-state index is 12.7. The van der Waals surface area contributed by atoms with Crippen molar-refractivity contribution in [2.24, 2.45) is 0 Å². The molecule has 35 heavy (non-hydrogen) atoms. The van der Waals surface area contributed by atoms with E-state index in [2.05, 4.69) is 31.9 Å². The van der Waals surface area contributed by atoms with Gasteiger partial charge in [0.2, 0.25) is 5.91 Å². The summed E-state index contributed by atoms with van der Waals surface area (Å²) in [5.41, 5.74) is 1.89. The molecule has 0 bridgehead atoms. The van der Waals surface area contributed by atoms with Crippen LogP contribution in [0.25, 0.3) is 5.69 Å². The highest BCUT2D eigenvalue weighted by atomic mass is 32.2. The first-order valence-corrected chi connectivity index (χ1v) is 12.9. The van der Waals surface area contributed by atoms with Gasteiger partial charge in [0.25, 0.3) is 0 Å². The van der Waals surface area contributed by atoms with E-state index >= 15 is 0 Å². The number of aromatic nitrogens is 3. The third-order valence-electron chi connectivity index (χ3n) is 6.30. The van der Waals surface area contributed by atoms with Gasteiger partial charge in [-0.2, -0.15) is 0 Å². The molecule has 1 saturated heterocycles. The van der Waals surface area contributed by atoms with Crippen LogP contribution < -0.4 is 14.8 Å². The number of benzene rings is 2. The van der Waals surface area contributed by atoms with Gasteiger partial charge < -0.3 is 14.8 Å². The number of amides is 1. The number of ether oxygens (including phenoxy) is 2. The van der Waals surface area contributed by atoms with Crippen molar-refractivity contribution in [2.45, 2.75) is 43.9 Å². The van der Waals surface area contributed by atoms with Crippen molar-refractivity contribution in [3.63, 3.8) is 0 Å². The number of para-hydroxylation sites is 1. The lowest BCUT2D eigenvalue weighted by molar-refractivity contribution is -0.118. The van der Waals surface area contributed by atoms with Crippen LogP contribution in [0, 0.1) is 0 Å². The standard InChI is InChI=1S/C26H33N5O3S/c1-19(30-15-7-4-8-16-30)25-28-29-26(31(25)21-11-13-22(33-2)14-12-21)35-18-24(32)27-17-20-9-5-6-10-23(20)34-3/h5-6,9-14,19H,4,7-8,15-18H2,1-3H3,(H,27,32). The number of thioether (sulfide) groups is 1. The van der Waals surface area contributed by atoms with Crippen molar-refractivity contribution in [2.75, 3.05) is 33.1 Å². The highest BCUT2D eigenvalue weighted by Gasteiger charge is 2.26. The van der Waals surface area contributed by atoms with Gasteiger partial charge in [-0.05, 0) is 63.2 Å². The molecule has 9 heteroatoms. The van der Waals surface area contributed by atoms with Gasteiger partial charge >= 0.3 is 0 Å². The normalized spacial score (nSPS) is 14.9. The first-order chi connectivity index (χ1) is 17.1. The van der Waals surface area contributed by atoms with Crippen LogP contribution >= 0.6 is 11.8 Å². The number of carbonyl (C=O) groups excluding carboxylic acids is 1. The molecule has 0 saturated carbocycles. The summed E-state index contributed by atoms with van der Waals surface area (Å²) < 4.78 is 12.8. The number of hydrogen-bond donors (Lipinski definition) is 1. The van der Waals surface area contributed by atoms with E-state index in [1.54, 1.807) is 14.2 Å². The molecule has 3 aromatic rings. The number of nitrogens with zero attached hydrogens (tertiary/aromatic N) is 4. The molecular formula is C26H33N5O3S. The van der Waals surface area contributed by atoms with Gasteiger partial charge in [0.05, 0.1) is 26.0 Å². The van der Waals surface area contributed by atoms with Crippen molar-refractivity contribution < 1.29 is 14.3 Å². The largest absolute Gasteiger partial charge is 0.497 e. The molecule has 0 aliphatic carbocycles. The zero-order valence-corrected chi connectivity index (χ0v) is 21.4. The number of likely N-dealkylation sites (tertiary alicyclic amines) is 1. The zero-order valence-electron chi connectivity index (χ0n) is 20.6. The lowest BCUT2D eigenvalue weighted by Crippen LogP contribution is -2.33. The summed E-state index contributed by atoms with van der Waals surface area (Å²) in [5.74, 6) is 2.60. The molecule has 1 N–H and O–H groups in total. The fourth-order valence-electron chi connectivity index (χ4n) is 4.31. The summed E-state index contributed by atoms with van der Waals surface area (Å²) >= 11 is 1.39. The molecule has 1 unspecified atom stereocenters. The quantitative estimate of drug-likeness (QED) is 0.421. The van der Waals surface area contributed by atoms with E-state index < -0.39 is 0 Å². The molecule has 2 heterocycles. The van der Waals surface area contributed by atoms with Crippen LogP contribution in [0.4, 0.5) is 0 Å². The average molecular weight is 496 g/mol. The minimum absolute atomic E-state index is 0.0733. The van der Waals surface area contributed by atoms with Crippen LogP contribution in [-0.2, 0) is 11.3 Å². The topological polar surface area (TPSA) is 81.5 Å². The number of nitrogens with one attached hydrogen (secondary N) is 1. The van der Waals surface area contributed by atoms with Gasteiger partial charge in [0.1, 0.15) is 11.5 Å². The van der Waals surface area contributed by atoms with E-state index in [9.17, 15) is 4.79 Å². The predicted molar refractivity (Wildman–Crippen MR) is 137 cm³/mol. The van der Waals surface area contributed by atoms with Crippen LogP contribution in [-0.4, -0.2) is 58.6 Å². The lowest BCUT2D eigenvalue weighted by atomic mass is 10.1. The first kappa shape index (κ1) is 25.1. The molecule has 1 fully saturated rings. The monoisotopic (exact) mass is 495 g/mol. The second-order valence-electron chi connectivity index (χ2n) is 8.52. The number of rotatable bonds is 10. The Morgan fingerprint density at radius 3 is 2.49 bits per heavy atom. The Labute approximate surface area is 211 Å². The minimum Gasteiger partial charge on any atom is -0.497 e. The van der Waals surface area contributed by atoms with E-state index in [0.29, 0.717) is 11.7 Å². The molecule has 1 aliphatic rings. The van der Waals surface area contributed by atoms with E-state index in [1.807, 2.05) is 48.5 Å². The molecule has 0 spiro atoms. The Balaban J connectivity index is 1.50. The second kappa shape index (κ2) is 12.1. The number of hydrogen-bond acceptors (Lipinski definition) is 7. The van der Waals surface area contributed by atoms with E-state index in [4.69, 9.17) is 9.47 Å². The van der Waals surface area contributed by atoms with E-state index in [0.717, 1.165) is 41.7 Å². The van der Waals surface area contributed by atoms with E-state index in [-0.39, 0.29) is 17.7 Å². The van der Waals surface area contributed by atoms with Gasteiger partial charge in [-0.3, -0.25) is 14.3 Å². The first-order valence-electron chi connectivity index (χ1n) is 12.0. The van der Waals surface area contributed by atoms with Crippen LogP contribution in [0.15, 0.2) is 53.7 Å². The summed E-state index contributed by atoms with van der Waals surface area (Å²) in [4.78, 5) is 15.1. The Morgan fingerprint density at radius 1 is 1.03 bits per heavy atom. The second-order valence-corrected chi connectivity index (χ2v) is 9.47. The van der Waals surface area contributed by atoms with Gasteiger partial charge in [0, 0.05) is 17.8 Å². The Bertz CT molecular complexity index is 1110. The molecule has 4 rings (SSSR count). The van der Waals surface area contributed by atoms with Gasteiger partial charge in [-0.15, -0.1) is 10.2 Å². The molecule has 1 atom stereocenters. The molecule has 1 aliphatic heterocycles. The van der Waals surface area contributed by atoms with E-state index in [1.165, 1.54) is 31.0 Å².